The molecule has 128 valence electrons. The van der Waals surface area contributed by atoms with E-state index in [1.165, 1.54) is 15.9 Å². The van der Waals surface area contributed by atoms with E-state index >= 15 is 0 Å². The number of halogens is 1. The molecular weight excluding hydrogens is 410 g/mol. The fourth-order valence-electron chi connectivity index (χ4n) is 2.67. The Kier molecular flexibility index (Phi) is 7.38. The van der Waals surface area contributed by atoms with Crippen molar-refractivity contribution in [1.29, 1.82) is 0 Å². The fourth-order valence-corrected chi connectivity index (χ4v) is 7.74. The third kappa shape index (κ3) is 4.39. The van der Waals surface area contributed by atoms with E-state index in [0.717, 1.165) is 8.52 Å². The maximum absolute atomic E-state index is 5.27. The van der Waals surface area contributed by atoms with Gasteiger partial charge in [0.2, 0.25) is 0 Å². The molecule has 0 aliphatic carbocycles. The molecule has 3 rings (SSSR count). The molecule has 0 aliphatic rings. The van der Waals surface area contributed by atoms with Crippen LogP contribution in [0.3, 0.4) is 0 Å². The summed E-state index contributed by atoms with van der Waals surface area (Å²) in [5.41, 5.74) is 0. The molecule has 0 saturated heterocycles. The van der Waals surface area contributed by atoms with Crippen LogP contribution in [-0.4, -0.2) is 18.8 Å². The lowest BCUT2D eigenvalue weighted by molar-refractivity contribution is -0.00000482. The zero-order chi connectivity index (χ0) is 16.8. The van der Waals surface area contributed by atoms with Gasteiger partial charge in [-0.3, -0.25) is 0 Å². The molecule has 0 spiro atoms. The second-order valence-corrected chi connectivity index (χ2v) is 10.2. The van der Waals surface area contributed by atoms with E-state index in [2.05, 4.69) is 110 Å². The topological polar surface area (TPSA) is 17.3 Å². The second-order valence-electron chi connectivity index (χ2n) is 5.67. The average Bonchev–Trinajstić information content (AvgIpc) is 2.65. The van der Waals surface area contributed by atoms with Gasteiger partial charge in [-0.15, -0.1) is 0 Å². The zero-order valence-corrected chi connectivity index (χ0v) is 17.7. The van der Waals surface area contributed by atoms with Gasteiger partial charge in [0.15, 0.2) is 0 Å². The quantitative estimate of drug-likeness (QED) is 0.443. The van der Waals surface area contributed by atoms with Crippen molar-refractivity contribution >= 4 is 31.5 Å². The van der Waals surface area contributed by atoms with Crippen LogP contribution in [0.5, 0.6) is 0 Å². The summed E-state index contributed by atoms with van der Waals surface area (Å²) < 4.78 is 7.38. The van der Waals surface area contributed by atoms with Crippen LogP contribution in [0.15, 0.2) is 91.0 Å². The molecule has 0 unspecified atom stereocenters. The lowest BCUT2D eigenvalue weighted by Crippen LogP contribution is -3.00. The smallest absolute Gasteiger partial charge is 0.451 e. The van der Waals surface area contributed by atoms with Crippen LogP contribution in [0.25, 0.3) is 0 Å². The Balaban J connectivity index is 0.00000225. The highest BCUT2D eigenvalue weighted by Crippen LogP contribution is 2.42. The van der Waals surface area contributed by atoms with Crippen molar-refractivity contribution in [3.63, 3.8) is 0 Å². The summed E-state index contributed by atoms with van der Waals surface area (Å²) in [4.78, 5) is 0. The number of rotatable bonds is 4. The van der Waals surface area contributed by atoms with E-state index in [4.69, 9.17) is 4.17 Å². The summed E-state index contributed by atoms with van der Waals surface area (Å²) in [6.45, 7) is 0. The predicted molar refractivity (Wildman–Crippen MR) is 108 cm³/mol. The molecule has 0 bridgehead atoms. The summed E-state index contributed by atoms with van der Waals surface area (Å²) in [6.07, 6.45) is 0. The van der Waals surface area contributed by atoms with Crippen molar-refractivity contribution in [1.82, 2.24) is 8.84 Å². The first-order valence-electron chi connectivity index (χ1n) is 7.90. The largest absolute Gasteiger partial charge is 1.00 e. The maximum Gasteiger partial charge on any atom is 0.451 e. The minimum absolute atomic E-state index is 0. The minimum Gasteiger partial charge on any atom is -1.00 e. The van der Waals surface area contributed by atoms with Crippen LogP contribution in [-0.2, 0) is 0 Å². The lowest BCUT2D eigenvalue weighted by atomic mass is 10.4. The fraction of sp³-hybridized carbons (Fsp3) is 0.100. The molecule has 3 aromatic carbocycles. The van der Waals surface area contributed by atoms with Crippen molar-refractivity contribution in [2.24, 2.45) is 0 Å². The van der Waals surface area contributed by atoms with Crippen molar-refractivity contribution in [2.75, 3.05) is 14.1 Å². The summed E-state index contributed by atoms with van der Waals surface area (Å²) >= 11 is 0. The average molecular weight is 431 g/mol. The Labute approximate surface area is 162 Å². The van der Waals surface area contributed by atoms with E-state index < -0.39 is 7.05 Å². The molecule has 0 aromatic heterocycles. The Hall–Kier alpha value is -1.46. The molecule has 0 saturated carbocycles. The highest BCUT2D eigenvalue weighted by molar-refractivity contribution is 7.87. The highest BCUT2D eigenvalue weighted by Gasteiger charge is 2.37. The SMILES string of the molecule is CN(C)P=[N+]=P(c1ccccc1)(c1ccccc1)c1ccccc1.[Br-]. The summed E-state index contributed by atoms with van der Waals surface area (Å²) in [5, 5.41) is 3.87. The van der Waals surface area contributed by atoms with Crippen LogP contribution < -0.4 is 37.1 Å². The molecule has 0 N–H and O–H groups in total. The molecule has 0 amide bonds. The number of hydrogen-bond donors (Lipinski definition) is 0. The third-order valence-electron chi connectivity index (χ3n) is 3.74. The summed E-state index contributed by atoms with van der Waals surface area (Å²) in [6, 6.07) is 32.1. The molecule has 0 heterocycles. The van der Waals surface area contributed by atoms with Gasteiger partial charge >= 0.3 is 15.6 Å². The van der Waals surface area contributed by atoms with E-state index in [1.807, 2.05) is 0 Å². The van der Waals surface area contributed by atoms with E-state index in [9.17, 15) is 0 Å². The first-order valence-corrected chi connectivity index (χ1v) is 10.4. The molecule has 2 nitrogen and oxygen atoms in total. The van der Waals surface area contributed by atoms with Gasteiger partial charge in [0.25, 0.3) is 0 Å². The van der Waals surface area contributed by atoms with E-state index in [-0.39, 0.29) is 17.0 Å². The zero-order valence-electron chi connectivity index (χ0n) is 14.3. The van der Waals surface area contributed by atoms with Gasteiger partial charge < -0.3 is 17.0 Å². The molecule has 5 heteroatoms. The first-order chi connectivity index (χ1) is 11.7. The standard InChI is InChI=1S/C20H21N2P2.BrH/c1-22(2)23-21-24(18-12-6-3-7-13-18,19-14-8-4-9-15-19)20-16-10-5-11-17-20;/h3-17H,1-2H3;1H/q+1;/p-1. The Bertz CT molecular complexity index is 772. The van der Waals surface area contributed by atoms with Crippen molar-refractivity contribution in [2.45, 2.75) is 0 Å². The highest BCUT2D eigenvalue weighted by atomic mass is 79.9. The minimum atomic E-state index is -2.04. The van der Waals surface area contributed by atoms with Crippen molar-refractivity contribution in [3.8, 4) is 0 Å². The monoisotopic (exact) mass is 430 g/mol. The number of hydrogen-bond acceptors (Lipinski definition) is 0. The van der Waals surface area contributed by atoms with Gasteiger partial charge in [0.05, 0.1) is 15.9 Å². The summed E-state index contributed by atoms with van der Waals surface area (Å²) in [7, 11) is 3.05. The normalized spacial score (nSPS) is 11.0. The molecule has 0 atom stereocenters. The lowest BCUT2D eigenvalue weighted by Gasteiger charge is -2.14. The molecule has 3 aromatic rings. The van der Waals surface area contributed by atoms with Gasteiger partial charge in [-0.1, -0.05) is 58.8 Å². The van der Waals surface area contributed by atoms with Gasteiger partial charge in [-0.2, -0.15) is 4.67 Å². The van der Waals surface area contributed by atoms with E-state index in [1.54, 1.807) is 0 Å². The van der Waals surface area contributed by atoms with Crippen LogP contribution in [0, 0.1) is 0 Å². The Morgan fingerprint density at radius 1 is 0.640 bits per heavy atom. The van der Waals surface area contributed by atoms with Gasteiger partial charge in [0.1, 0.15) is 0 Å². The number of benzene rings is 3. The first kappa shape index (κ1) is 19.9. The van der Waals surface area contributed by atoms with Crippen LogP contribution in [0.1, 0.15) is 0 Å². The van der Waals surface area contributed by atoms with Gasteiger partial charge in [-0.05, 0) is 36.4 Å². The number of nitrogens with zero attached hydrogens (tertiary/aromatic N) is 2. The predicted octanol–water partition coefficient (Wildman–Crippen LogP) is 0.842. The van der Waals surface area contributed by atoms with Crippen molar-refractivity contribution in [3.05, 3.63) is 91.0 Å². The Morgan fingerprint density at radius 2 is 0.960 bits per heavy atom. The molecule has 0 radical (unpaired) electrons. The summed E-state index contributed by atoms with van der Waals surface area (Å²) in [5.74, 6) is 0. The van der Waals surface area contributed by atoms with Crippen LogP contribution >= 0.6 is 15.6 Å². The van der Waals surface area contributed by atoms with Crippen molar-refractivity contribution < 1.29 is 17.0 Å². The van der Waals surface area contributed by atoms with E-state index in [0.29, 0.717) is 0 Å². The van der Waals surface area contributed by atoms with Gasteiger partial charge in [0, 0.05) is 14.1 Å². The molecule has 0 aliphatic heterocycles. The van der Waals surface area contributed by atoms with Crippen LogP contribution in [0.2, 0.25) is 0 Å². The molecular formula is C20H21BrN2P2. The maximum atomic E-state index is 5.27. The molecule has 25 heavy (non-hydrogen) atoms. The Morgan fingerprint density at radius 3 is 1.24 bits per heavy atom. The van der Waals surface area contributed by atoms with Crippen LogP contribution in [0.4, 0.5) is 0 Å². The second kappa shape index (κ2) is 9.30. The van der Waals surface area contributed by atoms with Gasteiger partial charge in [-0.25, -0.2) is 0 Å². The molecule has 0 fully saturated rings. The third-order valence-corrected chi connectivity index (χ3v) is 8.63.